The minimum atomic E-state index is 0.177. The van der Waals surface area contributed by atoms with Gasteiger partial charge in [0, 0.05) is 43.7 Å². The summed E-state index contributed by atoms with van der Waals surface area (Å²) in [6.07, 6.45) is 5.27. The van der Waals surface area contributed by atoms with Gasteiger partial charge in [0.2, 0.25) is 5.91 Å². The van der Waals surface area contributed by atoms with Gasteiger partial charge in [0.25, 0.3) is 0 Å². The van der Waals surface area contributed by atoms with E-state index in [1.165, 1.54) is 5.56 Å². The number of para-hydroxylation sites is 1. The number of pyridine rings is 1. The Morgan fingerprint density at radius 2 is 2.03 bits per heavy atom. The molecule has 0 aliphatic carbocycles. The number of likely N-dealkylation sites (tertiary alicyclic amines) is 1. The maximum absolute atomic E-state index is 12.8. The number of amides is 1. The first-order valence-electron chi connectivity index (χ1n) is 11.8. The summed E-state index contributed by atoms with van der Waals surface area (Å²) in [7, 11) is 0. The third-order valence-electron chi connectivity index (χ3n) is 6.21. The molecule has 7 nitrogen and oxygen atoms in total. The number of nitrogens with zero attached hydrogens (tertiary/aromatic N) is 5. The normalized spacial score (nSPS) is 16.1. The molecule has 0 radical (unpaired) electrons. The number of aromatic nitrogens is 4. The highest BCUT2D eigenvalue weighted by atomic mass is 16.5. The smallest absolute Gasteiger partial charge is 0.224 e. The molecule has 3 aromatic rings. The summed E-state index contributed by atoms with van der Waals surface area (Å²) in [6.45, 7) is 8.57. The van der Waals surface area contributed by atoms with E-state index in [4.69, 9.17) is 9.72 Å². The molecule has 3 heterocycles. The Labute approximate surface area is 195 Å². The predicted octanol–water partition coefficient (Wildman–Crippen LogP) is 4.08. The van der Waals surface area contributed by atoms with Gasteiger partial charge >= 0.3 is 0 Å². The van der Waals surface area contributed by atoms with Crippen molar-refractivity contribution < 1.29 is 9.53 Å². The van der Waals surface area contributed by atoms with Crippen LogP contribution in [-0.2, 0) is 17.8 Å². The SMILES string of the molecule is CCOc1ccccc1Cc1ccc(C2CCCN(C(=O)CCn3nc(C)nc3C)C2)nc1. The van der Waals surface area contributed by atoms with Crippen LogP contribution in [0.4, 0.5) is 0 Å². The fourth-order valence-electron chi connectivity index (χ4n) is 4.53. The summed E-state index contributed by atoms with van der Waals surface area (Å²) in [6, 6.07) is 12.4. The maximum Gasteiger partial charge on any atom is 0.224 e. The van der Waals surface area contributed by atoms with Gasteiger partial charge in [0.15, 0.2) is 0 Å². The van der Waals surface area contributed by atoms with E-state index in [0.29, 0.717) is 19.6 Å². The summed E-state index contributed by atoms with van der Waals surface area (Å²) in [5.41, 5.74) is 3.39. The number of carbonyl (C=O) groups excluding carboxylic acids is 1. The molecule has 4 rings (SSSR count). The van der Waals surface area contributed by atoms with E-state index in [9.17, 15) is 4.79 Å². The lowest BCUT2D eigenvalue weighted by atomic mass is 9.93. The van der Waals surface area contributed by atoms with Gasteiger partial charge in [0.1, 0.15) is 17.4 Å². The molecule has 1 aliphatic heterocycles. The van der Waals surface area contributed by atoms with Crippen molar-refractivity contribution >= 4 is 5.91 Å². The molecule has 1 atom stereocenters. The van der Waals surface area contributed by atoms with Crippen LogP contribution < -0.4 is 4.74 Å². The van der Waals surface area contributed by atoms with E-state index >= 15 is 0 Å². The Bertz CT molecular complexity index is 1080. The van der Waals surface area contributed by atoms with E-state index in [2.05, 4.69) is 28.3 Å². The number of hydrogen-bond donors (Lipinski definition) is 0. The molecule has 1 amide bonds. The van der Waals surface area contributed by atoms with Crippen LogP contribution in [0.25, 0.3) is 0 Å². The predicted molar refractivity (Wildman–Crippen MR) is 127 cm³/mol. The van der Waals surface area contributed by atoms with Crippen molar-refractivity contribution in [3.8, 4) is 5.75 Å². The van der Waals surface area contributed by atoms with Gasteiger partial charge in [0.05, 0.1) is 13.2 Å². The molecule has 2 aromatic heterocycles. The highest BCUT2D eigenvalue weighted by molar-refractivity contribution is 5.76. The fraction of sp³-hybridized carbons (Fsp3) is 0.462. The lowest BCUT2D eigenvalue weighted by Crippen LogP contribution is -2.39. The van der Waals surface area contributed by atoms with Crippen LogP contribution in [0.5, 0.6) is 5.75 Å². The highest BCUT2D eigenvalue weighted by Gasteiger charge is 2.25. The van der Waals surface area contributed by atoms with E-state index in [0.717, 1.165) is 61.0 Å². The first kappa shape index (κ1) is 23.0. The van der Waals surface area contributed by atoms with Crippen molar-refractivity contribution in [3.63, 3.8) is 0 Å². The van der Waals surface area contributed by atoms with Gasteiger partial charge in [-0.05, 0) is 56.9 Å². The number of carbonyl (C=O) groups is 1. The van der Waals surface area contributed by atoms with E-state index in [-0.39, 0.29) is 11.8 Å². The van der Waals surface area contributed by atoms with Crippen LogP contribution in [-0.4, -0.2) is 50.3 Å². The van der Waals surface area contributed by atoms with E-state index < -0.39 is 0 Å². The van der Waals surface area contributed by atoms with E-state index in [1.807, 2.05) is 54.7 Å². The Hall–Kier alpha value is -3.22. The number of ether oxygens (including phenoxy) is 1. The first-order chi connectivity index (χ1) is 16.0. The summed E-state index contributed by atoms with van der Waals surface area (Å²) in [4.78, 5) is 23.9. The molecule has 1 aromatic carbocycles. The van der Waals surface area contributed by atoms with Crippen LogP contribution in [0.1, 0.15) is 60.6 Å². The highest BCUT2D eigenvalue weighted by Crippen LogP contribution is 2.27. The van der Waals surface area contributed by atoms with Gasteiger partial charge in [-0.3, -0.25) is 9.78 Å². The minimum absolute atomic E-state index is 0.177. The van der Waals surface area contributed by atoms with Crippen LogP contribution in [0.15, 0.2) is 42.6 Å². The van der Waals surface area contributed by atoms with Crippen LogP contribution >= 0.6 is 0 Å². The zero-order chi connectivity index (χ0) is 23.2. The Morgan fingerprint density at radius 3 is 2.76 bits per heavy atom. The van der Waals surface area contributed by atoms with E-state index in [1.54, 1.807) is 0 Å². The number of aryl methyl sites for hydroxylation is 3. The summed E-state index contributed by atoms with van der Waals surface area (Å²) in [5.74, 6) is 2.99. The largest absolute Gasteiger partial charge is 0.494 e. The zero-order valence-corrected chi connectivity index (χ0v) is 19.8. The van der Waals surface area contributed by atoms with Crippen molar-refractivity contribution in [2.45, 2.75) is 58.9 Å². The molecule has 7 heteroatoms. The standard InChI is InChI=1S/C26H33N5O2/c1-4-33-25-10-6-5-8-22(25)16-21-11-12-24(27-17-21)23-9-7-14-30(18-23)26(32)13-15-31-20(3)28-19(2)29-31/h5-6,8,10-12,17,23H,4,7,9,13-16,18H2,1-3H3. The number of piperidine rings is 1. The molecule has 0 N–H and O–H groups in total. The molecular formula is C26H33N5O2. The fourth-order valence-corrected chi connectivity index (χ4v) is 4.53. The van der Waals surface area contributed by atoms with Crippen molar-refractivity contribution in [1.29, 1.82) is 0 Å². The van der Waals surface area contributed by atoms with Gasteiger partial charge < -0.3 is 9.64 Å². The number of rotatable bonds is 8. The monoisotopic (exact) mass is 447 g/mol. The summed E-state index contributed by atoms with van der Waals surface area (Å²) >= 11 is 0. The molecule has 1 saturated heterocycles. The molecular weight excluding hydrogens is 414 g/mol. The van der Waals surface area contributed by atoms with Crippen LogP contribution in [0.3, 0.4) is 0 Å². The van der Waals surface area contributed by atoms with Crippen LogP contribution in [0, 0.1) is 13.8 Å². The first-order valence-corrected chi connectivity index (χ1v) is 11.8. The van der Waals surface area contributed by atoms with Gasteiger partial charge in [-0.1, -0.05) is 24.3 Å². The van der Waals surface area contributed by atoms with Crippen molar-refractivity contribution in [3.05, 3.63) is 71.1 Å². The quantitative estimate of drug-likeness (QED) is 0.520. The molecule has 1 aliphatic rings. The average molecular weight is 448 g/mol. The maximum atomic E-state index is 12.8. The van der Waals surface area contributed by atoms with Gasteiger partial charge in [-0.15, -0.1) is 0 Å². The minimum Gasteiger partial charge on any atom is -0.494 e. The molecule has 0 saturated carbocycles. The average Bonchev–Trinajstić information content (AvgIpc) is 3.16. The van der Waals surface area contributed by atoms with Crippen molar-refractivity contribution in [1.82, 2.24) is 24.6 Å². The number of hydrogen-bond acceptors (Lipinski definition) is 5. The topological polar surface area (TPSA) is 73.1 Å². The molecule has 0 bridgehead atoms. The lowest BCUT2D eigenvalue weighted by Gasteiger charge is -2.32. The second kappa shape index (κ2) is 10.6. The third-order valence-corrected chi connectivity index (χ3v) is 6.21. The zero-order valence-electron chi connectivity index (χ0n) is 19.8. The third kappa shape index (κ3) is 5.78. The molecule has 1 unspecified atom stereocenters. The lowest BCUT2D eigenvalue weighted by molar-refractivity contribution is -0.132. The van der Waals surface area contributed by atoms with Gasteiger partial charge in [-0.25, -0.2) is 9.67 Å². The Balaban J connectivity index is 1.35. The number of benzene rings is 1. The second-order valence-corrected chi connectivity index (χ2v) is 8.67. The summed E-state index contributed by atoms with van der Waals surface area (Å²) in [5, 5.41) is 4.36. The molecule has 1 fully saturated rings. The molecule has 174 valence electrons. The van der Waals surface area contributed by atoms with Crippen LogP contribution in [0.2, 0.25) is 0 Å². The molecule has 33 heavy (non-hydrogen) atoms. The second-order valence-electron chi connectivity index (χ2n) is 8.67. The van der Waals surface area contributed by atoms with Crippen molar-refractivity contribution in [2.24, 2.45) is 0 Å². The Morgan fingerprint density at radius 1 is 1.18 bits per heavy atom. The van der Waals surface area contributed by atoms with Gasteiger partial charge in [-0.2, -0.15) is 5.10 Å². The van der Waals surface area contributed by atoms with Crippen molar-refractivity contribution in [2.75, 3.05) is 19.7 Å². The Kier molecular flexibility index (Phi) is 7.37. The summed E-state index contributed by atoms with van der Waals surface area (Å²) < 4.78 is 7.57. The molecule has 0 spiro atoms.